The molecule has 1 heterocycles. The largest absolute Gasteiger partial charge is 0.310 e. The first kappa shape index (κ1) is 42.4. The molecule has 2 aliphatic carbocycles. The first-order valence-corrected chi connectivity index (χ1v) is 24.3. The summed E-state index contributed by atoms with van der Waals surface area (Å²) in [6.07, 6.45) is 4.71. The van der Waals surface area contributed by atoms with Gasteiger partial charge in [-0.05, 0) is 144 Å². The van der Waals surface area contributed by atoms with Crippen molar-refractivity contribution in [3.8, 4) is 39.3 Å². The lowest BCUT2D eigenvalue weighted by molar-refractivity contribution is 0.586. The summed E-state index contributed by atoms with van der Waals surface area (Å²) in [6, 6.07) is 78.6. The summed E-state index contributed by atoms with van der Waals surface area (Å²) in [6.45, 7) is 14.0. The molecular weight excluding hydrogens is 835 g/mol. The molecular formula is C66H55N3. The molecule has 0 unspecified atom stereocenters. The Bertz CT molecular complexity index is 3500. The van der Waals surface area contributed by atoms with E-state index in [-0.39, 0.29) is 10.8 Å². The molecule has 0 saturated heterocycles. The van der Waals surface area contributed by atoms with Gasteiger partial charge in [0.25, 0.3) is 0 Å². The van der Waals surface area contributed by atoms with Gasteiger partial charge in [-0.15, -0.1) is 0 Å². The number of hydrogen-bond donors (Lipinski definition) is 0. The molecule has 334 valence electrons. The van der Waals surface area contributed by atoms with Crippen LogP contribution in [0.15, 0.2) is 212 Å². The molecule has 0 radical (unpaired) electrons. The highest BCUT2D eigenvalue weighted by molar-refractivity contribution is 5.94. The van der Waals surface area contributed by atoms with E-state index in [2.05, 4.69) is 275 Å². The number of rotatable bonds is 6. The first-order chi connectivity index (χ1) is 33.5. The van der Waals surface area contributed by atoms with E-state index in [1.807, 2.05) is 0 Å². The molecule has 0 amide bonds. The van der Waals surface area contributed by atoms with Crippen molar-refractivity contribution in [1.82, 2.24) is 9.55 Å². The number of para-hydroxylation sites is 5. The highest BCUT2D eigenvalue weighted by atomic mass is 15.1. The van der Waals surface area contributed by atoms with Crippen LogP contribution in [-0.2, 0) is 16.2 Å². The van der Waals surface area contributed by atoms with Crippen molar-refractivity contribution in [1.29, 1.82) is 0 Å². The van der Waals surface area contributed by atoms with E-state index >= 15 is 0 Å². The molecule has 12 rings (SSSR count). The molecule has 9 aromatic carbocycles. The van der Waals surface area contributed by atoms with Crippen LogP contribution in [0.3, 0.4) is 0 Å². The van der Waals surface area contributed by atoms with Crippen molar-refractivity contribution in [3.63, 3.8) is 0 Å². The van der Waals surface area contributed by atoms with E-state index < -0.39 is 5.41 Å². The molecule has 0 fully saturated rings. The van der Waals surface area contributed by atoms with Crippen LogP contribution >= 0.6 is 0 Å². The summed E-state index contributed by atoms with van der Waals surface area (Å²) >= 11 is 0. The molecule has 1 spiro atoms. The monoisotopic (exact) mass is 889 g/mol. The zero-order valence-electron chi connectivity index (χ0n) is 40.2. The van der Waals surface area contributed by atoms with Gasteiger partial charge in [-0.25, -0.2) is 4.98 Å². The van der Waals surface area contributed by atoms with E-state index in [0.29, 0.717) is 0 Å². The van der Waals surface area contributed by atoms with E-state index in [9.17, 15) is 0 Å². The molecule has 1 aromatic heterocycles. The van der Waals surface area contributed by atoms with E-state index in [0.717, 1.165) is 50.7 Å². The fraction of sp³-hybridized carbons (Fsp3) is 0.136. The number of imidazole rings is 1. The van der Waals surface area contributed by atoms with Gasteiger partial charge >= 0.3 is 0 Å². The van der Waals surface area contributed by atoms with Crippen molar-refractivity contribution in [2.45, 2.75) is 57.8 Å². The SMILES string of the molecule is CC(C)(C)c1ccc2c(c1)C1(c3cc(-c4ccc(-c5nc6ccccc6n5-c5ccccc5)cc4)ccc3C=Cc3ccc(N(c4ccccc4)c4ccccc4)cc31)c1cc(C(C)(C)C)ccc1-2. The fourth-order valence-electron chi connectivity index (χ4n) is 11.0. The first-order valence-electron chi connectivity index (χ1n) is 24.3. The second-order valence-corrected chi connectivity index (χ2v) is 20.9. The van der Waals surface area contributed by atoms with Gasteiger partial charge in [-0.1, -0.05) is 199 Å². The van der Waals surface area contributed by atoms with E-state index in [1.165, 1.54) is 61.2 Å². The molecule has 0 N–H and O–H groups in total. The van der Waals surface area contributed by atoms with Gasteiger partial charge in [0.1, 0.15) is 5.82 Å². The van der Waals surface area contributed by atoms with E-state index in [1.54, 1.807) is 0 Å². The highest BCUT2D eigenvalue weighted by Gasteiger charge is 2.50. The van der Waals surface area contributed by atoms with Crippen LogP contribution in [0.2, 0.25) is 0 Å². The Morgan fingerprint density at radius 1 is 0.406 bits per heavy atom. The Morgan fingerprint density at radius 3 is 1.48 bits per heavy atom. The number of aromatic nitrogens is 2. The van der Waals surface area contributed by atoms with Crippen LogP contribution in [0.4, 0.5) is 17.1 Å². The fourth-order valence-corrected chi connectivity index (χ4v) is 11.0. The molecule has 0 atom stereocenters. The van der Waals surface area contributed by atoms with Gasteiger partial charge in [0.05, 0.1) is 16.4 Å². The Hall–Kier alpha value is -8.01. The topological polar surface area (TPSA) is 21.1 Å². The predicted octanol–water partition coefficient (Wildman–Crippen LogP) is 17.3. The second kappa shape index (κ2) is 16.1. The average molecular weight is 890 g/mol. The highest BCUT2D eigenvalue weighted by Crippen LogP contribution is 2.60. The summed E-state index contributed by atoms with van der Waals surface area (Å²) in [7, 11) is 0. The summed E-state index contributed by atoms with van der Waals surface area (Å²) in [5.74, 6) is 0.927. The third-order valence-corrected chi connectivity index (χ3v) is 14.5. The molecule has 0 aliphatic heterocycles. The van der Waals surface area contributed by atoms with Gasteiger partial charge < -0.3 is 4.90 Å². The molecule has 3 heteroatoms. The van der Waals surface area contributed by atoms with Crippen LogP contribution < -0.4 is 4.90 Å². The normalized spacial score (nSPS) is 13.4. The van der Waals surface area contributed by atoms with Crippen LogP contribution in [0.1, 0.15) is 86.1 Å². The number of anilines is 3. The quantitative estimate of drug-likeness (QED) is 0.166. The van der Waals surface area contributed by atoms with E-state index in [4.69, 9.17) is 4.98 Å². The zero-order chi connectivity index (χ0) is 47.1. The van der Waals surface area contributed by atoms with Gasteiger partial charge in [-0.2, -0.15) is 0 Å². The van der Waals surface area contributed by atoms with Gasteiger partial charge in [-0.3, -0.25) is 4.57 Å². The molecule has 3 nitrogen and oxygen atoms in total. The average Bonchev–Trinajstić information content (AvgIpc) is 3.85. The smallest absolute Gasteiger partial charge is 0.145 e. The maximum Gasteiger partial charge on any atom is 0.145 e. The second-order valence-electron chi connectivity index (χ2n) is 20.9. The molecule has 10 aromatic rings. The lowest BCUT2D eigenvalue weighted by atomic mass is 9.64. The maximum atomic E-state index is 5.20. The van der Waals surface area contributed by atoms with Crippen LogP contribution in [0.5, 0.6) is 0 Å². The Morgan fingerprint density at radius 2 is 0.899 bits per heavy atom. The standard InChI is InChI=1S/C66H55N3/c1-64(2,3)49-35-38-55-56-39-36-50(65(4,5)6)42-60(56)66(59(55)41-49)57-40-48(44-26-31-47(32-27-44)63-67-61-24-16-17-25-62(61)69(63)53-22-14-9-15-23-53)33-30-45(57)28-29-46-34-37-54(43-58(46)66)68(51-18-10-7-11-19-51)52-20-12-8-13-21-52/h7-43H,1-6H3. The number of hydrogen-bond acceptors (Lipinski definition) is 2. The maximum absolute atomic E-state index is 5.20. The van der Waals surface area contributed by atoms with Gasteiger partial charge in [0.15, 0.2) is 0 Å². The molecule has 2 aliphatic rings. The van der Waals surface area contributed by atoms with Crippen molar-refractivity contribution in [3.05, 3.63) is 257 Å². The predicted molar refractivity (Wildman–Crippen MR) is 290 cm³/mol. The van der Waals surface area contributed by atoms with Crippen molar-refractivity contribution in [2.75, 3.05) is 4.90 Å². The molecule has 0 saturated carbocycles. The van der Waals surface area contributed by atoms with Crippen molar-refractivity contribution >= 4 is 40.2 Å². The third-order valence-electron chi connectivity index (χ3n) is 14.5. The Labute approximate surface area is 406 Å². The Kier molecular flexibility index (Phi) is 9.86. The molecule has 0 bridgehead atoms. The number of benzene rings is 9. The van der Waals surface area contributed by atoms with Gasteiger partial charge in [0.2, 0.25) is 0 Å². The number of nitrogens with zero attached hydrogens (tertiary/aromatic N) is 3. The minimum Gasteiger partial charge on any atom is -0.310 e. The summed E-state index contributed by atoms with van der Waals surface area (Å²) in [5.41, 5.74) is 22.0. The zero-order valence-corrected chi connectivity index (χ0v) is 40.2. The van der Waals surface area contributed by atoms with Gasteiger partial charge in [0, 0.05) is 28.3 Å². The lowest BCUT2D eigenvalue weighted by Crippen LogP contribution is -2.31. The van der Waals surface area contributed by atoms with Crippen molar-refractivity contribution < 1.29 is 0 Å². The number of fused-ring (bicyclic) bond motifs is 10. The summed E-state index contributed by atoms with van der Waals surface area (Å²) in [5, 5.41) is 0. The minimum absolute atomic E-state index is 0.0693. The summed E-state index contributed by atoms with van der Waals surface area (Å²) < 4.78 is 2.28. The third kappa shape index (κ3) is 6.98. The lowest BCUT2D eigenvalue weighted by Gasteiger charge is -2.38. The molecule has 69 heavy (non-hydrogen) atoms. The van der Waals surface area contributed by atoms with Crippen molar-refractivity contribution in [2.24, 2.45) is 0 Å². The summed E-state index contributed by atoms with van der Waals surface area (Å²) in [4.78, 5) is 7.60. The Balaban J connectivity index is 1.12. The van der Waals surface area contributed by atoms with Crippen LogP contribution in [0.25, 0.3) is 62.5 Å². The van der Waals surface area contributed by atoms with Crippen LogP contribution in [-0.4, -0.2) is 9.55 Å². The van der Waals surface area contributed by atoms with Crippen LogP contribution in [0, 0.1) is 0 Å². The minimum atomic E-state index is -0.674.